The second-order valence-corrected chi connectivity index (χ2v) is 5.50. The summed E-state index contributed by atoms with van der Waals surface area (Å²) in [6.07, 6.45) is 6.04. The molecule has 0 saturated heterocycles. The molecule has 0 aliphatic heterocycles. The van der Waals surface area contributed by atoms with Gasteiger partial charge in [0.15, 0.2) is 0 Å². The van der Waals surface area contributed by atoms with Crippen molar-refractivity contribution in [1.29, 1.82) is 0 Å². The highest BCUT2D eigenvalue weighted by molar-refractivity contribution is 5.94. The van der Waals surface area contributed by atoms with Crippen LogP contribution in [-0.4, -0.2) is 25.2 Å². The molecule has 0 atom stereocenters. The molecule has 0 bridgehead atoms. The Morgan fingerprint density at radius 2 is 2.14 bits per heavy atom. The van der Waals surface area contributed by atoms with Gasteiger partial charge in [-0.3, -0.25) is 0 Å². The Balaban J connectivity index is 1.83. The minimum absolute atomic E-state index is 0.319. The third-order valence-corrected chi connectivity index (χ3v) is 4.04. The molecule has 106 valence electrons. The first-order valence-electron chi connectivity index (χ1n) is 7.06. The minimum Gasteiger partial charge on any atom is -0.477 e. The van der Waals surface area contributed by atoms with Gasteiger partial charge in [-0.05, 0) is 25.0 Å². The van der Waals surface area contributed by atoms with Gasteiger partial charge in [-0.2, -0.15) is 0 Å². The number of imidazole rings is 1. The molecule has 4 rings (SSSR count). The topological polar surface area (TPSA) is 60.0 Å². The number of carbonyl (C=O) groups is 1. The minimum atomic E-state index is -0.899. The fourth-order valence-corrected chi connectivity index (χ4v) is 2.86. The second-order valence-electron chi connectivity index (χ2n) is 5.50. The number of para-hydroxylation sites is 1. The molecule has 2 aromatic heterocycles. The van der Waals surface area contributed by atoms with Crippen LogP contribution < -0.4 is 0 Å². The molecule has 5 nitrogen and oxygen atoms in total. The summed E-state index contributed by atoms with van der Waals surface area (Å²) in [4.78, 5) is 15.7. The number of hydrogen-bond donors (Lipinski definition) is 1. The quantitative estimate of drug-likeness (QED) is 0.800. The first-order valence-corrected chi connectivity index (χ1v) is 7.06. The molecule has 1 aliphatic rings. The fraction of sp³-hybridized carbons (Fsp3) is 0.250. The molecule has 1 aliphatic carbocycles. The van der Waals surface area contributed by atoms with E-state index < -0.39 is 5.97 Å². The number of rotatable bonds is 4. The highest BCUT2D eigenvalue weighted by Crippen LogP contribution is 2.36. The van der Waals surface area contributed by atoms with Gasteiger partial charge in [-0.15, -0.1) is 0 Å². The molecule has 5 heteroatoms. The predicted molar refractivity (Wildman–Crippen MR) is 78.5 cm³/mol. The van der Waals surface area contributed by atoms with E-state index in [4.69, 9.17) is 0 Å². The monoisotopic (exact) mass is 281 g/mol. The van der Waals surface area contributed by atoms with Crippen LogP contribution in [0.15, 0.2) is 42.9 Å². The molecule has 1 aromatic carbocycles. The van der Waals surface area contributed by atoms with Gasteiger partial charge in [0.25, 0.3) is 0 Å². The second kappa shape index (κ2) is 4.48. The Morgan fingerprint density at radius 1 is 1.33 bits per heavy atom. The number of hydrogen-bond acceptors (Lipinski definition) is 2. The molecule has 0 unspecified atom stereocenters. The summed E-state index contributed by atoms with van der Waals surface area (Å²) in [6, 6.07) is 10.0. The number of carboxylic acid groups (broad SMARTS) is 1. The first kappa shape index (κ1) is 12.2. The van der Waals surface area contributed by atoms with Gasteiger partial charge < -0.3 is 14.2 Å². The number of aromatic nitrogens is 3. The van der Waals surface area contributed by atoms with Crippen LogP contribution in [0.1, 0.15) is 35.1 Å². The third-order valence-electron chi connectivity index (χ3n) is 4.04. The molecule has 0 spiro atoms. The summed E-state index contributed by atoms with van der Waals surface area (Å²) >= 11 is 0. The molecule has 1 saturated carbocycles. The van der Waals surface area contributed by atoms with Crippen LogP contribution >= 0.6 is 0 Å². The maximum absolute atomic E-state index is 11.5. The van der Waals surface area contributed by atoms with E-state index in [0.29, 0.717) is 18.3 Å². The first-order chi connectivity index (χ1) is 10.2. The van der Waals surface area contributed by atoms with Gasteiger partial charge in [0, 0.05) is 23.1 Å². The summed E-state index contributed by atoms with van der Waals surface area (Å²) < 4.78 is 4.02. The summed E-state index contributed by atoms with van der Waals surface area (Å²) in [7, 11) is 0. The lowest BCUT2D eigenvalue weighted by Crippen LogP contribution is -2.12. The highest BCUT2D eigenvalue weighted by Gasteiger charge is 2.26. The van der Waals surface area contributed by atoms with Crippen molar-refractivity contribution in [2.75, 3.05) is 0 Å². The van der Waals surface area contributed by atoms with Gasteiger partial charge >= 0.3 is 5.97 Å². The summed E-state index contributed by atoms with van der Waals surface area (Å²) in [5.74, 6) is -0.899. The zero-order valence-corrected chi connectivity index (χ0v) is 11.4. The number of carboxylic acids is 1. The van der Waals surface area contributed by atoms with E-state index in [9.17, 15) is 9.90 Å². The molecule has 2 heterocycles. The van der Waals surface area contributed by atoms with Crippen LogP contribution in [0.2, 0.25) is 0 Å². The maximum atomic E-state index is 11.5. The SMILES string of the molecule is O=C(O)c1cc2ccccc2n1Cc1cncn1C1CC1. The Morgan fingerprint density at radius 3 is 2.90 bits per heavy atom. The number of fused-ring (bicyclic) bond motifs is 1. The zero-order valence-electron chi connectivity index (χ0n) is 11.4. The Kier molecular flexibility index (Phi) is 2.60. The smallest absolute Gasteiger partial charge is 0.352 e. The molecule has 1 N–H and O–H groups in total. The van der Waals surface area contributed by atoms with Gasteiger partial charge in [0.05, 0.1) is 18.6 Å². The van der Waals surface area contributed by atoms with Crippen molar-refractivity contribution in [1.82, 2.24) is 14.1 Å². The molecule has 21 heavy (non-hydrogen) atoms. The van der Waals surface area contributed by atoms with Crippen LogP contribution in [0.5, 0.6) is 0 Å². The van der Waals surface area contributed by atoms with E-state index in [2.05, 4.69) is 9.55 Å². The fourth-order valence-electron chi connectivity index (χ4n) is 2.86. The predicted octanol–water partition coefficient (Wildman–Crippen LogP) is 2.92. The summed E-state index contributed by atoms with van der Waals surface area (Å²) in [5, 5.41) is 10.4. The van der Waals surface area contributed by atoms with Gasteiger partial charge in [0.1, 0.15) is 5.69 Å². The molecular formula is C16H15N3O2. The van der Waals surface area contributed by atoms with Crippen molar-refractivity contribution in [3.05, 3.63) is 54.2 Å². The maximum Gasteiger partial charge on any atom is 0.352 e. The third kappa shape index (κ3) is 2.01. The van der Waals surface area contributed by atoms with Crippen LogP contribution in [0, 0.1) is 0 Å². The van der Waals surface area contributed by atoms with E-state index >= 15 is 0 Å². The average molecular weight is 281 g/mol. The number of aromatic carboxylic acids is 1. The molecule has 3 aromatic rings. The van der Waals surface area contributed by atoms with Gasteiger partial charge in [-0.1, -0.05) is 18.2 Å². The van der Waals surface area contributed by atoms with Crippen molar-refractivity contribution in [3.63, 3.8) is 0 Å². The Hall–Kier alpha value is -2.56. The molecule has 1 fully saturated rings. The van der Waals surface area contributed by atoms with Crippen molar-refractivity contribution >= 4 is 16.9 Å². The van der Waals surface area contributed by atoms with Crippen molar-refractivity contribution in [2.45, 2.75) is 25.4 Å². The molecular weight excluding hydrogens is 266 g/mol. The van der Waals surface area contributed by atoms with Crippen LogP contribution in [0.25, 0.3) is 10.9 Å². The van der Waals surface area contributed by atoms with Crippen molar-refractivity contribution < 1.29 is 9.90 Å². The standard InChI is InChI=1S/C16H15N3O2/c20-16(21)15-7-11-3-1-2-4-14(11)18(15)9-13-8-17-10-19(13)12-5-6-12/h1-4,7-8,10,12H,5-6,9H2,(H,20,21). The highest BCUT2D eigenvalue weighted by atomic mass is 16.4. The van der Waals surface area contributed by atoms with Gasteiger partial charge in [-0.25, -0.2) is 9.78 Å². The van der Waals surface area contributed by atoms with E-state index in [-0.39, 0.29) is 0 Å². The summed E-state index contributed by atoms with van der Waals surface area (Å²) in [5.41, 5.74) is 2.32. The largest absolute Gasteiger partial charge is 0.477 e. The lowest BCUT2D eigenvalue weighted by molar-refractivity contribution is 0.0686. The lowest BCUT2D eigenvalue weighted by atomic mass is 10.2. The van der Waals surface area contributed by atoms with Crippen LogP contribution in [0.4, 0.5) is 0 Å². The number of benzene rings is 1. The van der Waals surface area contributed by atoms with E-state index in [0.717, 1.165) is 16.6 Å². The Bertz CT molecular complexity index is 827. The summed E-state index contributed by atoms with van der Waals surface area (Å²) in [6.45, 7) is 0.533. The van der Waals surface area contributed by atoms with Gasteiger partial charge in [0.2, 0.25) is 0 Å². The average Bonchev–Trinajstić information content (AvgIpc) is 3.11. The normalized spacial score (nSPS) is 14.7. The van der Waals surface area contributed by atoms with Crippen LogP contribution in [0.3, 0.4) is 0 Å². The van der Waals surface area contributed by atoms with Crippen LogP contribution in [-0.2, 0) is 6.54 Å². The van der Waals surface area contributed by atoms with Crippen molar-refractivity contribution in [3.8, 4) is 0 Å². The lowest BCUT2D eigenvalue weighted by Gasteiger charge is -2.11. The molecule has 0 amide bonds. The van der Waals surface area contributed by atoms with E-state index in [1.54, 1.807) is 6.07 Å². The Labute approximate surface area is 121 Å². The van der Waals surface area contributed by atoms with E-state index in [1.165, 1.54) is 12.8 Å². The zero-order chi connectivity index (χ0) is 14.4. The number of nitrogens with zero attached hydrogens (tertiary/aromatic N) is 3. The molecule has 0 radical (unpaired) electrons. The van der Waals surface area contributed by atoms with E-state index in [1.807, 2.05) is 41.4 Å². The van der Waals surface area contributed by atoms with Crippen molar-refractivity contribution in [2.24, 2.45) is 0 Å².